The minimum atomic E-state index is -0.0969. The maximum atomic E-state index is 12.1. The molecule has 0 saturated heterocycles. The topological polar surface area (TPSA) is 80.0 Å². The van der Waals surface area contributed by atoms with Crippen LogP contribution < -0.4 is 16.4 Å². The van der Waals surface area contributed by atoms with E-state index in [0.29, 0.717) is 17.4 Å². The highest BCUT2D eigenvalue weighted by molar-refractivity contribution is 7.98. The van der Waals surface area contributed by atoms with E-state index in [4.69, 9.17) is 5.73 Å². The molecular weight excluding hydrogens is 280 g/mol. The van der Waals surface area contributed by atoms with E-state index >= 15 is 0 Å². The van der Waals surface area contributed by atoms with Crippen LogP contribution in [0.1, 0.15) is 36.0 Å². The maximum Gasteiger partial charge on any atom is 0.258 e. The van der Waals surface area contributed by atoms with Gasteiger partial charge in [0, 0.05) is 12.6 Å². The molecule has 1 aliphatic rings. The lowest BCUT2D eigenvalue weighted by molar-refractivity contribution is 0.0953. The van der Waals surface area contributed by atoms with Gasteiger partial charge in [0.25, 0.3) is 5.91 Å². The van der Waals surface area contributed by atoms with Crippen LogP contribution in [0.25, 0.3) is 0 Å². The summed E-state index contributed by atoms with van der Waals surface area (Å²) in [6.07, 6.45) is 6.51. The molecule has 0 unspecified atom stereocenters. The van der Waals surface area contributed by atoms with Gasteiger partial charge < -0.3 is 16.4 Å². The fourth-order valence-corrected chi connectivity index (χ4v) is 2.93. The van der Waals surface area contributed by atoms with E-state index in [1.165, 1.54) is 23.7 Å². The number of hydrogen-bond donors (Lipinski definition) is 3. The first-order valence-corrected chi connectivity index (χ1v) is 8.68. The molecular formula is C12H20N4OS2. The van der Waals surface area contributed by atoms with E-state index in [1.54, 1.807) is 0 Å². The quantitative estimate of drug-likeness (QED) is 0.641. The van der Waals surface area contributed by atoms with Crippen molar-refractivity contribution < 1.29 is 4.79 Å². The third-order valence-corrected chi connectivity index (χ3v) is 4.43. The molecule has 0 bridgehead atoms. The van der Waals surface area contributed by atoms with Crippen molar-refractivity contribution in [3.8, 4) is 0 Å². The van der Waals surface area contributed by atoms with Gasteiger partial charge in [-0.2, -0.15) is 16.1 Å². The van der Waals surface area contributed by atoms with Crippen LogP contribution in [0.2, 0.25) is 0 Å². The Labute approximate surface area is 121 Å². The van der Waals surface area contributed by atoms with Crippen molar-refractivity contribution in [3.05, 3.63) is 5.56 Å². The molecule has 1 heterocycles. The van der Waals surface area contributed by atoms with Gasteiger partial charge in [-0.15, -0.1) is 0 Å². The molecule has 1 aliphatic carbocycles. The zero-order valence-corrected chi connectivity index (χ0v) is 12.7. The summed E-state index contributed by atoms with van der Waals surface area (Å²) >= 11 is 3.12. The lowest BCUT2D eigenvalue weighted by Crippen LogP contribution is -2.26. The number of anilines is 2. The van der Waals surface area contributed by atoms with Crippen LogP contribution in [0.3, 0.4) is 0 Å². The third-order valence-electron chi connectivity index (χ3n) is 2.92. The first kappa shape index (κ1) is 14.5. The van der Waals surface area contributed by atoms with Gasteiger partial charge in [-0.05, 0) is 49.2 Å². The molecule has 2 rings (SSSR count). The molecule has 5 nitrogen and oxygen atoms in total. The van der Waals surface area contributed by atoms with Gasteiger partial charge in [0.15, 0.2) is 5.82 Å². The number of hydrogen-bond acceptors (Lipinski definition) is 6. The predicted molar refractivity (Wildman–Crippen MR) is 83.1 cm³/mol. The van der Waals surface area contributed by atoms with Gasteiger partial charge in [-0.3, -0.25) is 4.79 Å². The van der Waals surface area contributed by atoms with Gasteiger partial charge in [0.2, 0.25) is 0 Å². The Morgan fingerprint density at radius 1 is 1.53 bits per heavy atom. The number of carbonyl (C=O) groups excluding carboxylic acids is 1. The highest BCUT2D eigenvalue weighted by Gasteiger charge is 2.27. The average molecular weight is 300 g/mol. The van der Waals surface area contributed by atoms with E-state index < -0.39 is 0 Å². The molecule has 0 radical (unpaired) electrons. The molecule has 19 heavy (non-hydrogen) atoms. The van der Waals surface area contributed by atoms with Gasteiger partial charge in [0.1, 0.15) is 10.6 Å². The fraction of sp³-hybridized carbons (Fsp3) is 0.667. The minimum Gasteiger partial charge on any atom is -0.382 e. The van der Waals surface area contributed by atoms with Crippen LogP contribution in [0.15, 0.2) is 0 Å². The first-order chi connectivity index (χ1) is 9.22. The van der Waals surface area contributed by atoms with Crippen LogP contribution >= 0.6 is 23.3 Å². The molecule has 106 valence electrons. The van der Waals surface area contributed by atoms with E-state index in [2.05, 4.69) is 21.3 Å². The molecule has 0 aromatic carbocycles. The summed E-state index contributed by atoms with van der Waals surface area (Å²) in [4.78, 5) is 12.1. The number of aromatic nitrogens is 1. The van der Waals surface area contributed by atoms with E-state index in [0.717, 1.165) is 30.8 Å². The molecule has 1 aromatic heterocycles. The van der Waals surface area contributed by atoms with Crippen molar-refractivity contribution in [2.75, 3.05) is 29.6 Å². The Morgan fingerprint density at radius 3 is 3.00 bits per heavy atom. The fourth-order valence-electron chi connectivity index (χ4n) is 1.70. The second-order valence-corrected chi connectivity index (χ2v) is 6.41. The number of amides is 1. The molecule has 1 aromatic rings. The third kappa shape index (κ3) is 4.28. The molecule has 4 N–H and O–H groups in total. The van der Waals surface area contributed by atoms with Crippen molar-refractivity contribution in [2.24, 2.45) is 0 Å². The highest BCUT2D eigenvalue weighted by Crippen LogP contribution is 2.28. The predicted octanol–water partition coefficient (Wildman–Crippen LogP) is 2.17. The Morgan fingerprint density at radius 2 is 2.32 bits per heavy atom. The zero-order valence-electron chi connectivity index (χ0n) is 11.1. The number of unbranched alkanes of at least 4 members (excludes halogenated alkanes) is 1. The van der Waals surface area contributed by atoms with Crippen molar-refractivity contribution >= 4 is 40.0 Å². The lowest BCUT2D eigenvalue weighted by Gasteiger charge is -2.07. The van der Waals surface area contributed by atoms with Crippen LogP contribution in [-0.2, 0) is 0 Å². The zero-order chi connectivity index (χ0) is 13.7. The van der Waals surface area contributed by atoms with Crippen molar-refractivity contribution in [1.82, 2.24) is 9.69 Å². The van der Waals surface area contributed by atoms with Crippen LogP contribution in [0.5, 0.6) is 0 Å². The molecule has 1 saturated carbocycles. The first-order valence-electron chi connectivity index (χ1n) is 6.51. The number of nitrogens with one attached hydrogen (secondary N) is 2. The number of carbonyl (C=O) groups is 1. The van der Waals surface area contributed by atoms with Crippen molar-refractivity contribution in [2.45, 2.75) is 31.7 Å². The Hall–Kier alpha value is -0.950. The standard InChI is InChI=1S/C12H20N4OS2/c1-18-7-3-2-6-14-12-9(10(13)16-19-12)11(17)15-8-4-5-8/h8,14H,2-7H2,1H3,(H2,13,16)(H,15,17). The van der Waals surface area contributed by atoms with Gasteiger partial charge in [-0.1, -0.05) is 0 Å². The molecule has 7 heteroatoms. The molecule has 1 fully saturated rings. The van der Waals surface area contributed by atoms with Crippen molar-refractivity contribution in [1.29, 1.82) is 0 Å². The average Bonchev–Trinajstić information content (AvgIpc) is 3.11. The normalized spacial score (nSPS) is 14.4. The summed E-state index contributed by atoms with van der Waals surface area (Å²) in [6, 6.07) is 0.334. The second-order valence-electron chi connectivity index (χ2n) is 4.65. The van der Waals surface area contributed by atoms with E-state index in [9.17, 15) is 4.79 Å². The number of thioether (sulfide) groups is 1. The monoisotopic (exact) mass is 300 g/mol. The van der Waals surface area contributed by atoms with Crippen LogP contribution in [0, 0.1) is 0 Å². The molecule has 0 atom stereocenters. The SMILES string of the molecule is CSCCCCNc1snc(N)c1C(=O)NC1CC1. The summed E-state index contributed by atoms with van der Waals surface area (Å²) in [5.74, 6) is 1.40. The number of rotatable bonds is 8. The maximum absolute atomic E-state index is 12.1. The van der Waals surface area contributed by atoms with E-state index in [1.807, 2.05) is 11.8 Å². The van der Waals surface area contributed by atoms with Crippen LogP contribution in [-0.4, -0.2) is 34.9 Å². The molecule has 0 spiro atoms. The van der Waals surface area contributed by atoms with E-state index in [-0.39, 0.29) is 5.91 Å². The highest BCUT2D eigenvalue weighted by atomic mass is 32.2. The van der Waals surface area contributed by atoms with Gasteiger partial charge in [-0.25, -0.2) is 0 Å². The Bertz CT molecular complexity index is 431. The summed E-state index contributed by atoms with van der Waals surface area (Å²) in [5.41, 5.74) is 6.30. The Balaban J connectivity index is 1.87. The number of nitrogens with two attached hydrogens (primary N) is 1. The molecule has 0 aliphatic heterocycles. The molecule has 1 amide bonds. The largest absolute Gasteiger partial charge is 0.382 e. The second kappa shape index (κ2) is 7.00. The van der Waals surface area contributed by atoms with Gasteiger partial charge >= 0.3 is 0 Å². The number of nitrogen functional groups attached to an aromatic ring is 1. The summed E-state index contributed by atoms with van der Waals surface area (Å²) in [6.45, 7) is 0.853. The van der Waals surface area contributed by atoms with Crippen LogP contribution in [0.4, 0.5) is 10.8 Å². The summed E-state index contributed by atoms with van der Waals surface area (Å²) in [7, 11) is 0. The minimum absolute atomic E-state index is 0.0969. The summed E-state index contributed by atoms with van der Waals surface area (Å²) in [5, 5.41) is 7.02. The number of nitrogens with zero attached hydrogens (tertiary/aromatic N) is 1. The Kier molecular flexibility index (Phi) is 5.33. The lowest BCUT2D eigenvalue weighted by atomic mass is 10.2. The van der Waals surface area contributed by atoms with Crippen molar-refractivity contribution in [3.63, 3.8) is 0 Å². The van der Waals surface area contributed by atoms with Gasteiger partial charge in [0.05, 0.1) is 0 Å². The smallest absolute Gasteiger partial charge is 0.258 e. The summed E-state index contributed by atoms with van der Waals surface area (Å²) < 4.78 is 4.07.